The molecule has 4 nitrogen and oxygen atoms in total. The molecule has 0 bridgehead atoms. The van der Waals surface area contributed by atoms with E-state index in [1.54, 1.807) is 0 Å². The molecule has 4 heteroatoms. The number of hydrogen-bond acceptors (Lipinski definition) is 3. The minimum Gasteiger partial charge on any atom is -0.399 e. The molecule has 0 aliphatic carbocycles. The lowest BCUT2D eigenvalue weighted by atomic mass is 9.83. The van der Waals surface area contributed by atoms with Gasteiger partial charge in [0.1, 0.15) is 0 Å². The Morgan fingerprint density at radius 3 is 2.60 bits per heavy atom. The highest BCUT2D eigenvalue weighted by molar-refractivity contribution is 5.87. The molecule has 1 atom stereocenters. The van der Waals surface area contributed by atoms with Crippen molar-refractivity contribution < 1.29 is 4.79 Å². The quantitative estimate of drug-likeness (QED) is 0.821. The summed E-state index contributed by atoms with van der Waals surface area (Å²) in [5.74, 6) is 0.656. The number of hydrogen-bond donors (Lipinski definition) is 2. The second-order valence-corrected chi connectivity index (χ2v) is 6.37. The lowest BCUT2D eigenvalue weighted by Gasteiger charge is -2.25. The highest BCUT2D eigenvalue weighted by Crippen LogP contribution is 2.24. The van der Waals surface area contributed by atoms with E-state index < -0.39 is 5.41 Å². The van der Waals surface area contributed by atoms with Gasteiger partial charge in [0.05, 0.1) is 5.41 Å². The van der Waals surface area contributed by atoms with Gasteiger partial charge in [-0.05, 0) is 57.5 Å². The molecule has 1 unspecified atom stereocenters. The number of carbonyl (C=O) groups is 1. The van der Waals surface area contributed by atoms with E-state index in [0.717, 1.165) is 30.9 Å². The summed E-state index contributed by atoms with van der Waals surface area (Å²) in [6.07, 6.45) is 1.17. The fourth-order valence-corrected chi connectivity index (χ4v) is 2.68. The third-order valence-electron chi connectivity index (χ3n) is 4.24. The van der Waals surface area contributed by atoms with Crippen molar-refractivity contribution in [1.29, 1.82) is 0 Å². The Kier molecular flexibility index (Phi) is 4.33. The number of carbonyl (C=O) groups excluding carboxylic acids is 1. The average Bonchev–Trinajstić information content (AvgIpc) is 2.82. The van der Waals surface area contributed by atoms with E-state index in [-0.39, 0.29) is 5.91 Å². The molecule has 1 heterocycles. The Balaban J connectivity index is 1.94. The number of anilines is 1. The Bertz CT molecular complexity index is 467. The number of likely N-dealkylation sites (tertiary alicyclic amines) is 1. The van der Waals surface area contributed by atoms with E-state index in [0.29, 0.717) is 5.92 Å². The van der Waals surface area contributed by atoms with Crippen molar-refractivity contribution in [3.05, 3.63) is 29.8 Å². The number of nitrogen functional groups attached to an aromatic ring is 1. The van der Waals surface area contributed by atoms with Gasteiger partial charge in [0.2, 0.25) is 5.91 Å². The van der Waals surface area contributed by atoms with Crippen LogP contribution in [-0.2, 0) is 10.2 Å². The summed E-state index contributed by atoms with van der Waals surface area (Å²) in [7, 11) is 2.13. The molecule has 1 saturated heterocycles. The molecule has 0 radical (unpaired) electrons. The number of nitrogens with one attached hydrogen (secondary N) is 1. The monoisotopic (exact) mass is 275 g/mol. The molecule has 0 saturated carbocycles. The van der Waals surface area contributed by atoms with Gasteiger partial charge in [-0.1, -0.05) is 12.1 Å². The number of amides is 1. The van der Waals surface area contributed by atoms with E-state index in [9.17, 15) is 4.79 Å². The normalized spacial score (nSPS) is 20.1. The molecule has 3 N–H and O–H groups in total. The molecule has 1 amide bonds. The molecule has 0 spiro atoms. The topological polar surface area (TPSA) is 58.4 Å². The Labute approximate surface area is 121 Å². The van der Waals surface area contributed by atoms with Gasteiger partial charge in [-0.3, -0.25) is 4.79 Å². The van der Waals surface area contributed by atoms with Crippen molar-refractivity contribution in [1.82, 2.24) is 10.2 Å². The van der Waals surface area contributed by atoms with E-state index >= 15 is 0 Å². The van der Waals surface area contributed by atoms with Crippen LogP contribution < -0.4 is 11.1 Å². The second kappa shape index (κ2) is 5.83. The zero-order chi connectivity index (χ0) is 14.8. The summed E-state index contributed by atoms with van der Waals surface area (Å²) in [6, 6.07) is 7.54. The van der Waals surface area contributed by atoms with Crippen LogP contribution in [0.5, 0.6) is 0 Å². The highest BCUT2D eigenvalue weighted by Gasteiger charge is 2.30. The number of nitrogens with two attached hydrogens (primary N) is 1. The zero-order valence-electron chi connectivity index (χ0n) is 12.6. The summed E-state index contributed by atoms with van der Waals surface area (Å²) in [6.45, 7) is 6.87. The van der Waals surface area contributed by atoms with Crippen LogP contribution in [0.1, 0.15) is 25.8 Å². The maximum atomic E-state index is 12.4. The van der Waals surface area contributed by atoms with E-state index in [1.165, 1.54) is 6.42 Å². The van der Waals surface area contributed by atoms with Crippen LogP contribution in [0, 0.1) is 5.92 Å². The van der Waals surface area contributed by atoms with Crippen molar-refractivity contribution >= 4 is 11.6 Å². The van der Waals surface area contributed by atoms with E-state index in [2.05, 4.69) is 17.3 Å². The van der Waals surface area contributed by atoms with Crippen LogP contribution in [0.3, 0.4) is 0 Å². The molecule has 110 valence electrons. The SMILES string of the molecule is CN1CCC(CNC(=O)C(C)(C)c2ccc(N)cc2)C1. The Morgan fingerprint density at radius 1 is 1.40 bits per heavy atom. The predicted molar refractivity (Wildman–Crippen MR) is 82.5 cm³/mol. The first-order chi connectivity index (χ1) is 9.39. The minimum atomic E-state index is -0.530. The smallest absolute Gasteiger partial charge is 0.230 e. The predicted octanol–water partition coefficient (Wildman–Crippen LogP) is 1.61. The summed E-state index contributed by atoms with van der Waals surface area (Å²) in [5.41, 5.74) is 6.88. The van der Waals surface area contributed by atoms with Gasteiger partial charge < -0.3 is 16.0 Å². The van der Waals surface area contributed by atoms with Crippen molar-refractivity contribution in [2.45, 2.75) is 25.7 Å². The first kappa shape index (κ1) is 14.9. The van der Waals surface area contributed by atoms with Crippen molar-refractivity contribution in [2.75, 3.05) is 32.4 Å². The zero-order valence-corrected chi connectivity index (χ0v) is 12.6. The molecule has 1 fully saturated rings. The van der Waals surface area contributed by atoms with Gasteiger partial charge in [-0.2, -0.15) is 0 Å². The fourth-order valence-electron chi connectivity index (χ4n) is 2.68. The van der Waals surface area contributed by atoms with Crippen molar-refractivity contribution in [3.63, 3.8) is 0 Å². The van der Waals surface area contributed by atoms with Crippen LogP contribution in [-0.4, -0.2) is 37.5 Å². The largest absolute Gasteiger partial charge is 0.399 e. The van der Waals surface area contributed by atoms with Gasteiger partial charge in [0.15, 0.2) is 0 Å². The molecule has 1 aliphatic heterocycles. The molecule has 1 aromatic rings. The van der Waals surface area contributed by atoms with Gasteiger partial charge in [0, 0.05) is 18.8 Å². The van der Waals surface area contributed by atoms with Crippen molar-refractivity contribution in [2.24, 2.45) is 5.92 Å². The third-order valence-corrected chi connectivity index (χ3v) is 4.24. The van der Waals surface area contributed by atoms with Gasteiger partial charge in [-0.15, -0.1) is 0 Å². The Hall–Kier alpha value is -1.55. The van der Waals surface area contributed by atoms with E-state index in [1.807, 2.05) is 38.1 Å². The van der Waals surface area contributed by atoms with Gasteiger partial charge in [0.25, 0.3) is 0 Å². The third kappa shape index (κ3) is 3.31. The van der Waals surface area contributed by atoms with Crippen LogP contribution in [0.15, 0.2) is 24.3 Å². The molecular formula is C16H25N3O. The molecular weight excluding hydrogens is 250 g/mol. The number of nitrogens with zero attached hydrogens (tertiary/aromatic N) is 1. The molecule has 2 rings (SSSR count). The minimum absolute atomic E-state index is 0.0804. The van der Waals surface area contributed by atoms with Crippen molar-refractivity contribution in [3.8, 4) is 0 Å². The van der Waals surface area contributed by atoms with Gasteiger partial charge in [-0.25, -0.2) is 0 Å². The summed E-state index contributed by atoms with van der Waals surface area (Å²) in [5, 5.41) is 3.10. The van der Waals surface area contributed by atoms with Gasteiger partial charge >= 0.3 is 0 Å². The van der Waals surface area contributed by atoms with Crippen LogP contribution in [0.4, 0.5) is 5.69 Å². The first-order valence-corrected chi connectivity index (χ1v) is 7.22. The maximum Gasteiger partial charge on any atom is 0.230 e. The standard InChI is InChI=1S/C16H25N3O/c1-16(2,13-4-6-14(17)7-5-13)15(20)18-10-12-8-9-19(3)11-12/h4-7,12H,8-11,17H2,1-3H3,(H,18,20). The van der Waals surface area contributed by atoms with E-state index in [4.69, 9.17) is 5.73 Å². The summed E-state index contributed by atoms with van der Waals surface area (Å²) >= 11 is 0. The van der Waals surface area contributed by atoms with Crippen LogP contribution in [0.2, 0.25) is 0 Å². The average molecular weight is 275 g/mol. The number of rotatable bonds is 4. The van der Waals surface area contributed by atoms with Crippen LogP contribution in [0.25, 0.3) is 0 Å². The summed E-state index contributed by atoms with van der Waals surface area (Å²) < 4.78 is 0. The fraction of sp³-hybridized carbons (Fsp3) is 0.562. The van der Waals surface area contributed by atoms with Crippen LogP contribution >= 0.6 is 0 Å². The Morgan fingerprint density at radius 2 is 2.05 bits per heavy atom. The first-order valence-electron chi connectivity index (χ1n) is 7.22. The lowest BCUT2D eigenvalue weighted by Crippen LogP contribution is -2.42. The lowest BCUT2D eigenvalue weighted by molar-refractivity contribution is -0.125. The number of benzene rings is 1. The second-order valence-electron chi connectivity index (χ2n) is 6.37. The molecule has 1 aliphatic rings. The summed E-state index contributed by atoms with van der Waals surface area (Å²) in [4.78, 5) is 14.7. The highest BCUT2D eigenvalue weighted by atomic mass is 16.2. The molecule has 1 aromatic carbocycles. The maximum absolute atomic E-state index is 12.4. The molecule has 0 aromatic heterocycles. The molecule has 20 heavy (non-hydrogen) atoms.